The molecule has 0 saturated heterocycles. The standard InChI is InChI=1S/C32H36N2O2.CH4/c1-5-34(4)23-25-36-32-20-18-30(19-21-32)13-12-28-8-6-27(7-9-28)10-11-29-14-16-31(17-15-29)22-24-35-26-33(2)3;/h6-9,14-21H,5,22-26H2,1-4H3;1H4. The zero-order valence-corrected chi connectivity index (χ0v) is 21.9. The molecule has 0 bridgehead atoms. The molecule has 0 amide bonds. The van der Waals surface area contributed by atoms with Crippen LogP contribution in [0, 0.1) is 23.7 Å². The fraction of sp³-hybridized carbons (Fsp3) is 0.333. The van der Waals surface area contributed by atoms with Crippen LogP contribution in [0.5, 0.6) is 5.75 Å². The third kappa shape index (κ3) is 11.4. The Bertz CT molecular complexity index is 1180. The first-order valence-corrected chi connectivity index (χ1v) is 12.4. The Morgan fingerprint density at radius 1 is 0.649 bits per heavy atom. The SMILES string of the molecule is C.CCN(C)CCOc1ccc(C#Cc2ccc(C#Cc3ccc(CCOCN(C)C)cc3)cc2)cc1. The van der Waals surface area contributed by atoms with Crippen LogP contribution < -0.4 is 4.74 Å². The molecule has 0 N–H and O–H groups in total. The van der Waals surface area contributed by atoms with E-state index in [9.17, 15) is 0 Å². The topological polar surface area (TPSA) is 24.9 Å². The number of likely N-dealkylation sites (N-methyl/N-ethyl adjacent to an activating group) is 1. The van der Waals surface area contributed by atoms with Crippen molar-refractivity contribution in [3.63, 3.8) is 0 Å². The van der Waals surface area contributed by atoms with Gasteiger partial charge in [-0.05, 0) is 100 Å². The Hall–Kier alpha value is -3.54. The van der Waals surface area contributed by atoms with Gasteiger partial charge in [-0.25, -0.2) is 0 Å². The molecular formula is C33H40N2O2. The molecule has 0 aliphatic rings. The van der Waals surface area contributed by atoms with Crippen molar-refractivity contribution in [3.05, 3.63) is 101 Å². The molecule has 37 heavy (non-hydrogen) atoms. The van der Waals surface area contributed by atoms with Gasteiger partial charge < -0.3 is 14.4 Å². The molecule has 4 nitrogen and oxygen atoms in total. The minimum absolute atomic E-state index is 0. The van der Waals surface area contributed by atoms with Gasteiger partial charge in [0.2, 0.25) is 0 Å². The molecule has 0 heterocycles. The van der Waals surface area contributed by atoms with Crippen molar-refractivity contribution < 1.29 is 9.47 Å². The van der Waals surface area contributed by atoms with Crippen molar-refractivity contribution in [3.8, 4) is 29.4 Å². The molecular weight excluding hydrogens is 456 g/mol. The van der Waals surface area contributed by atoms with Gasteiger partial charge in [0.1, 0.15) is 12.4 Å². The minimum atomic E-state index is 0. The monoisotopic (exact) mass is 496 g/mol. The van der Waals surface area contributed by atoms with Gasteiger partial charge in [-0.1, -0.05) is 50.2 Å². The van der Waals surface area contributed by atoms with Crippen molar-refractivity contribution in [2.75, 3.05) is 54.2 Å². The molecule has 0 saturated carbocycles. The first-order valence-electron chi connectivity index (χ1n) is 12.4. The average Bonchev–Trinajstić information content (AvgIpc) is 2.90. The van der Waals surface area contributed by atoms with Gasteiger partial charge in [-0.3, -0.25) is 4.90 Å². The van der Waals surface area contributed by atoms with Gasteiger partial charge in [0.15, 0.2) is 0 Å². The van der Waals surface area contributed by atoms with Crippen molar-refractivity contribution in [1.29, 1.82) is 0 Å². The van der Waals surface area contributed by atoms with Crippen LogP contribution in [0.3, 0.4) is 0 Å². The fourth-order valence-corrected chi connectivity index (χ4v) is 3.23. The lowest BCUT2D eigenvalue weighted by Crippen LogP contribution is -2.23. The summed E-state index contributed by atoms with van der Waals surface area (Å²) in [4.78, 5) is 4.24. The molecule has 0 radical (unpaired) electrons. The smallest absolute Gasteiger partial charge is 0.119 e. The quantitative estimate of drug-likeness (QED) is 0.209. The van der Waals surface area contributed by atoms with E-state index in [4.69, 9.17) is 9.47 Å². The largest absolute Gasteiger partial charge is 0.492 e. The molecule has 0 atom stereocenters. The second-order valence-corrected chi connectivity index (χ2v) is 8.91. The van der Waals surface area contributed by atoms with E-state index in [2.05, 4.69) is 66.8 Å². The summed E-state index contributed by atoms with van der Waals surface area (Å²) in [5.74, 6) is 13.8. The Morgan fingerprint density at radius 3 is 1.57 bits per heavy atom. The molecule has 0 aliphatic carbocycles. The Kier molecular flexibility index (Phi) is 13.0. The highest BCUT2D eigenvalue weighted by molar-refractivity contribution is 5.48. The van der Waals surface area contributed by atoms with Gasteiger partial charge in [0.25, 0.3) is 0 Å². The highest BCUT2D eigenvalue weighted by atomic mass is 16.5. The highest BCUT2D eigenvalue weighted by Gasteiger charge is 1.98. The number of rotatable bonds is 10. The van der Waals surface area contributed by atoms with Crippen molar-refractivity contribution in [2.24, 2.45) is 0 Å². The van der Waals surface area contributed by atoms with Crippen LogP contribution >= 0.6 is 0 Å². The number of benzene rings is 3. The molecule has 0 aliphatic heterocycles. The summed E-state index contributed by atoms with van der Waals surface area (Å²) in [6, 6.07) is 24.3. The Morgan fingerprint density at radius 2 is 1.11 bits per heavy atom. The number of nitrogens with zero attached hydrogens (tertiary/aromatic N) is 2. The van der Waals surface area contributed by atoms with Crippen LogP contribution in [-0.4, -0.2) is 64.0 Å². The summed E-state index contributed by atoms with van der Waals surface area (Å²) in [6.45, 7) is 6.12. The van der Waals surface area contributed by atoms with Crippen LogP contribution in [0.4, 0.5) is 0 Å². The van der Waals surface area contributed by atoms with Crippen molar-refractivity contribution >= 4 is 0 Å². The van der Waals surface area contributed by atoms with Crippen LogP contribution in [0.1, 0.15) is 42.2 Å². The molecule has 3 aromatic rings. The average molecular weight is 497 g/mol. The maximum atomic E-state index is 5.79. The third-order valence-corrected chi connectivity index (χ3v) is 5.56. The first kappa shape index (κ1) is 29.7. The lowest BCUT2D eigenvalue weighted by molar-refractivity contribution is 0.0582. The second kappa shape index (κ2) is 16.3. The van der Waals surface area contributed by atoms with Crippen LogP contribution in [0.15, 0.2) is 72.8 Å². The van der Waals surface area contributed by atoms with E-state index in [-0.39, 0.29) is 7.43 Å². The van der Waals surface area contributed by atoms with E-state index < -0.39 is 0 Å². The Labute approximate surface area is 224 Å². The van der Waals surface area contributed by atoms with E-state index in [0.29, 0.717) is 13.3 Å². The van der Waals surface area contributed by atoms with Crippen molar-refractivity contribution in [1.82, 2.24) is 9.80 Å². The van der Waals surface area contributed by atoms with E-state index >= 15 is 0 Å². The molecule has 0 unspecified atom stereocenters. The fourth-order valence-electron chi connectivity index (χ4n) is 3.23. The summed E-state index contributed by atoms with van der Waals surface area (Å²) in [5.41, 5.74) is 5.15. The molecule has 4 heteroatoms. The van der Waals surface area contributed by atoms with E-state index in [0.717, 1.165) is 54.1 Å². The zero-order chi connectivity index (χ0) is 25.6. The van der Waals surface area contributed by atoms with Crippen LogP contribution in [0.2, 0.25) is 0 Å². The second-order valence-electron chi connectivity index (χ2n) is 8.91. The first-order chi connectivity index (χ1) is 17.5. The van der Waals surface area contributed by atoms with E-state index in [1.54, 1.807) is 0 Å². The minimum Gasteiger partial charge on any atom is -0.492 e. The lowest BCUT2D eigenvalue weighted by atomic mass is 10.1. The van der Waals surface area contributed by atoms with Crippen LogP contribution in [-0.2, 0) is 11.2 Å². The predicted octanol–water partition coefficient (Wildman–Crippen LogP) is 5.53. The van der Waals surface area contributed by atoms with Crippen LogP contribution in [0.25, 0.3) is 0 Å². The lowest BCUT2D eigenvalue weighted by Gasteiger charge is -2.14. The van der Waals surface area contributed by atoms with E-state index in [1.165, 1.54) is 5.56 Å². The normalized spacial score (nSPS) is 10.2. The summed E-state index contributed by atoms with van der Waals surface area (Å²) in [7, 11) is 6.09. The number of hydrogen-bond acceptors (Lipinski definition) is 4. The number of ether oxygens (including phenoxy) is 2. The number of hydrogen-bond donors (Lipinski definition) is 0. The summed E-state index contributed by atoms with van der Waals surface area (Å²) >= 11 is 0. The van der Waals surface area contributed by atoms with Gasteiger partial charge in [0.05, 0.1) is 13.3 Å². The van der Waals surface area contributed by atoms with Crippen molar-refractivity contribution in [2.45, 2.75) is 20.8 Å². The summed E-state index contributed by atoms with van der Waals surface area (Å²) in [6.07, 6.45) is 0.902. The third-order valence-electron chi connectivity index (χ3n) is 5.56. The molecule has 0 fully saturated rings. The zero-order valence-electron chi connectivity index (χ0n) is 21.9. The molecule has 0 aromatic heterocycles. The van der Waals surface area contributed by atoms with Gasteiger partial charge >= 0.3 is 0 Å². The maximum Gasteiger partial charge on any atom is 0.119 e. The van der Waals surface area contributed by atoms with E-state index in [1.807, 2.05) is 67.5 Å². The molecule has 194 valence electrons. The molecule has 0 spiro atoms. The van der Waals surface area contributed by atoms with Gasteiger partial charge in [-0.2, -0.15) is 0 Å². The molecule has 3 rings (SSSR count). The van der Waals surface area contributed by atoms with Gasteiger partial charge in [0, 0.05) is 28.8 Å². The maximum absolute atomic E-state index is 5.79. The summed E-state index contributed by atoms with van der Waals surface area (Å²) < 4.78 is 11.4. The highest BCUT2D eigenvalue weighted by Crippen LogP contribution is 2.12. The molecule has 3 aromatic carbocycles. The predicted molar refractivity (Wildman–Crippen MR) is 155 cm³/mol. The van der Waals surface area contributed by atoms with Gasteiger partial charge in [-0.15, -0.1) is 0 Å². The summed E-state index contributed by atoms with van der Waals surface area (Å²) in [5, 5.41) is 0. The Balaban J connectivity index is 0.00000481.